The summed E-state index contributed by atoms with van der Waals surface area (Å²) in [5, 5.41) is 4.37. The van der Waals surface area contributed by atoms with Crippen molar-refractivity contribution in [1.82, 2.24) is 15.2 Å². The number of alkyl halides is 2. The standard InChI is InChI=1S/C18H14Cl2F2N4O2/c1-26-16(13(18(27)24-23)15(25-26)17(21)22)9-5-7-10(8-6-9)28-12-4-2-3-11(19)14(12)20/h2-8,17H,23H2,1H3,(H,24,27). The van der Waals surface area contributed by atoms with E-state index in [0.29, 0.717) is 22.1 Å². The highest BCUT2D eigenvalue weighted by atomic mass is 35.5. The number of amides is 1. The van der Waals surface area contributed by atoms with Crippen molar-refractivity contribution in [3.05, 3.63) is 63.8 Å². The summed E-state index contributed by atoms with van der Waals surface area (Å²) in [4.78, 5) is 12.0. The van der Waals surface area contributed by atoms with Crippen molar-refractivity contribution in [3.8, 4) is 22.8 Å². The zero-order chi connectivity index (χ0) is 20.4. The minimum Gasteiger partial charge on any atom is -0.456 e. The van der Waals surface area contributed by atoms with E-state index in [2.05, 4.69) is 5.10 Å². The number of ether oxygens (including phenoxy) is 1. The zero-order valence-electron chi connectivity index (χ0n) is 14.4. The predicted octanol–water partition coefficient (Wildman–Crippen LogP) is 4.73. The van der Waals surface area contributed by atoms with Crippen LogP contribution >= 0.6 is 23.2 Å². The maximum absolute atomic E-state index is 13.3. The number of aryl methyl sites for hydroxylation is 1. The van der Waals surface area contributed by atoms with Crippen LogP contribution in [-0.4, -0.2) is 15.7 Å². The van der Waals surface area contributed by atoms with Crippen molar-refractivity contribution in [2.24, 2.45) is 12.9 Å². The van der Waals surface area contributed by atoms with Crippen LogP contribution in [-0.2, 0) is 7.05 Å². The number of halogens is 4. The molecule has 0 aliphatic heterocycles. The quantitative estimate of drug-likeness (QED) is 0.351. The maximum Gasteiger partial charge on any atom is 0.282 e. The van der Waals surface area contributed by atoms with Crippen LogP contribution in [0.5, 0.6) is 11.5 Å². The smallest absolute Gasteiger partial charge is 0.282 e. The second kappa shape index (κ2) is 8.14. The Kier molecular flexibility index (Phi) is 5.83. The lowest BCUT2D eigenvalue weighted by Gasteiger charge is -2.10. The molecule has 3 N–H and O–H groups in total. The van der Waals surface area contributed by atoms with E-state index >= 15 is 0 Å². The molecule has 2 aromatic carbocycles. The van der Waals surface area contributed by atoms with Gasteiger partial charge in [0.05, 0.1) is 16.3 Å². The summed E-state index contributed by atoms with van der Waals surface area (Å²) in [5.41, 5.74) is 1.62. The third kappa shape index (κ3) is 3.80. The molecule has 3 rings (SSSR count). The van der Waals surface area contributed by atoms with Gasteiger partial charge in [-0.1, -0.05) is 29.3 Å². The molecule has 0 radical (unpaired) electrons. The molecule has 28 heavy (non-hydrogen) atoms. The number of carbonyl (C=O) groups excluding carboxylic acids is 1. The predicted molar refractivity (Wildman–Crippen MR) is 102 cm³/mol. The van der Waals surface area contributed by atoms with Crippen molar-refractivity contribution in [3.63, 3.8) is 0 Å². The molecule has 0 bridgehead atoms. The second-order valence-electron chi connectivity index (χ2n) is 5.69. The number of nitrogens with two attached hydrogens (primary N) is 1. The van der Waals surface area contributed by atoms with Gasteiger partial charge in [0.15, 0.2) is 0 Å². The third-order valence-corrected chi connectivity index (χ3v) is 4.71. The molecule has 0 unspecified atom stereocenters. The summed E-state index contributed by atoms with van der Waals surface area (Å²) in [6.45, 7) is 0. The van der Waals surface area contributed by atoms with Gasteiger partial charge in [-0.3, -0.25) is 14.9 Å². The van der Waals surface area contributed by atoms with E-state index in [1.165, 1.54) is 11.7 Å². The van der Waals surface area contributed by atoms with E-state index < -0.39 is 18.0 Å². The lowest BCUT2D eigenvalue weighted by molar-refractivity contribution is 0.0939. The lowest BCUT2D eigenvalue weighted by Crippen LogP contribution is -2.31. The molecule has 1 heterocycles. The first-order valence-electron chi connectivity index (χ1n) is 7.91. The first-order chi connectivity index (χ1) is 13.3. The van der Waals surface area contributed by atoms with Crippen LogP contribution in [0.15, 0.2) is 42.5 Å². The summed E-state index contributed by atoms with van der Waals surface area (Å²) in [6.07, 6.45) is -2.93. The van der Waals surface area contributed by atoms with Gasteiger partial charge in [0.2, 0.25) is 0 Å². The Morgan fingerprint density at radius 2 is 1.89 bits per heavy atom. The summed E-state index contributed by atoms with van der Waals surface area (Å²) in [6, 6.07) is 11.4. The molecular weight excluding hydrogens is 413 g/mol. The number of nitrogens with zero attached hydrogens (tertiary/aromatic N) is 2. The molecule has 6 nitrogen and oxygen atoms in total. The van der Waals surface area contributed by atoms with Gasteiger partial charge in [-0.05, 0) is 36.4 Å². The number of benzene rings is 2. The summed E-state index contributed by atoms with van der Waals surface area (Å²) in [7, 11) is 1.46. The first-order valence-corrected chi connectivity index (χ1v) is 8.67. The molecule has 0 aliphatic carbocycles. The first kappa shape index (κ1) is 20.1. The highest BCUT2D eigenvalue weighted by Crippen LogP contribution is 2.36. The average Bonchev–Trinajstić information content (AvgIpc) is 3.03. The Morgan fingerprint density at radius 1 is 1.21 bits per heavy atom. The van der Waals surface area contributed by atoms with E-state index in [4.69, 9.17) is 33.8 Å². The fourth-order valence-corrected chi connectivity index (χ4v) is 3.03. The molecule has 0 spiro atoms. The number of hydrogen-bond acceptors (Lipinski definition) is 4. The largest absolute Gasteiger partial charge is 0.456 e. The number of hydrogen-bond donors (Lipinski definition) is 2. The molecule has 146 valence electrons. The van der Waals surface area contributed by atoms with Crippen LogP contribution in [0, 0.1) is 0 Å². The van der Waals surface area contributed by atoms with Gasteiger partial charge in [-0.15, -0.1) is 0 Å². The number of rotatable bonds is 5. The number of carbonyl (C=O) groups is 1. The number of hydrazine groups is 1. The number of nitrogen functional groups attached to an aromatic ring is 1. The number of nitrogens with one attached hydrogen (secondary N) is 1. The van der Waals surface area contributed by atoms with Gasteiger partial charge in [0.25, 0.3) is 12.3 Å². The summed E-state index contributed by atoms with van der Waals surface area (Å²) >= 11 is 12.1. The van der Waals surface area contributed by atoms with Gasteiger partial charge in [0, 0.05) is 12.6 Å². The van der Waals surface area contributed by atoms with E-state index in [9.17, 15) is 13.6 Å². The molecule has 0 fully saturated rings. The molecular formula is C18H14Cl2F2N4O2. The third-order valence-electron chi connectivity index (χ3n) is 3.91. The van der Waals surface area contributed by atoms with Gasteiger partial charge >= 0.3 is 0 Å². The van der Waals surface area contributed by atoms with Crippen molar-refractivity contribution < 1.29 is 18.3 Å². The molecule has 10 heteroatoms. The van der Waals surface area contributed by atoms with Crippen molar-refractivity contribution >= 4 is 29.1 Å². The highest BCUT2D eigenvalue weighted by molar-refractivity contribution is 6.42. The average molecular weight is 427 g/mol. The van der Waals surface area contributed by atoms with Crippen LogP contribution in [0.2, 0.25) is 10.0 Å². The van der Waals surface area contributed by atoms with Gasteiger partial charge < -0.3 is 4.74 Å². The van der Waals surface area contributed by atoms with Crippen molar-refractivity contribution in [1.29, 1.82) is 0 Å². The van der Waals surface area contributed by atoms with E-state index in [1.54, 1.807) is 42.5 Å². The Labute approximate surface area is 168 Å². The summed E-state index contributed by atoms with van der Waals surface area (Å²) in [5.74, 6) is 5.09. The van der Waals surface area contributed by atoms with Crippen LogP contribution in [0.1, 0.15) is 22.5 Å². The van der Waals surface area contributed by atoms with Crippen LogP contribution in [0.4, 0.5) is 8.78 Å². The fraction of sp³-hybridized carbons (Fsp3) is 0.111. The highest BCUT2D eigenvalue weighted by Gasteiger charge is 2.28. The monoisotopic (exact) mass is 426 g/mol. The van der Waals surface area contributed by atoms with Crippen molar-refractivity contribution in [2.75, 3.05) is 0 Å². The summed E-state index contributed by atoms with van der Waals surface area (Å²) < 4.78 is 33.4. The fourth-order valence-electron chi connectivity index (χ4n) is 2.70. The van der Waals surface area contributed by atoms with E-state index in [0.717, 1.165) is 0 Å². The van der Waals surface area contributed by atoms with Gasteiger partial charge in [0.1, 0.15) is 22.2 Å². The minimum absolute atomic E-state index is 0.200. The molecule has 1 aromatic heterocycles. The Hall–Kier alpha value is -2.68. The van der Waals surface area contributed by atoms with E-state index in [-0.39, 0.29) is 16.3 Å². The van der Waals surface area contributed by atoms with Crippen LogP contribution in [0.25, 0.3) is 11.3 Å². The normalized spacial score (nSPS) is 11.0. The maximum atomic E-state index is 13.3. The minimum atomic E-state index is -2.93. The van der Waals surface area contributed by atoms with Crippen LogP contribution in [0.3, 0.4) is 0 Å². The topological polar surface area (TPSA) is 82.2 Å². The van der Waals surface area contributed by atoms with Gasteiger partial charge in [-0.25, -0.2) is 14.6 Å². The number of aromatic nitrogens is 2. The SMILES string of the molecule is Cn1nc(C(F)F)c(C(=O)NN)c1-c1ccc(Oc2cccc(Cl)c2Cl)cc1. The zero-order valence-corrected chi connectivity index (χ0v) is 15.9. The van der Waals surface area contributed by atoms with E-state index in [1.807, 2.05) is 5.43 Å². The molecule has 0 aliphatic rings. The molecule has 1 amide bonds. The molecule has 0 saturated heterocycles. The lowest BCUT2D eigenvalue weighted by atomic mass is 10.0. The molecule has 3 aromatic rings. The Balaban J connectivity index is 1.98. The Morgan fingerprint density at radius 3 is 2.50 bits per heavy atom. The Bertz CT molecular complexity index is 1020. The second-order valence-corrected chi connectivity index (χ2v) is 6.47. The van der Waals surface area contributed by atoms with Crippen LogP contribution < -0.4 is 16.0 Å². The molecule has 0 atom stereocenters. The van der Waals surface area contributed by atoms with Crippen molar-refractivity contribution in [2.45, 2.75) is 6.43 Å². The van der Waals surface area contributed by atoms with Gasteiger partial charge in [-0.2, -0.15) is 5.10 Å². The molecule has 0 saturated carbocycles.